The fourth-order valence-corrected chi connectivity index (χ4v) is 3.10. The van der Waals surface area contributed by atoms with E-state index in [4.69, 9.17) is 9.15 Å². The van der Waals surface area contributed by atoms with E-state index in [-0.39, 0.29) is 29.8 Å². The van der Waals surface area contributed by atoms with E-state index in [1.807, 2.05) is 12.2 Å². The molecule has 2 aliphatic carbocycles. The topological polar surface area (TPSA) is 69.4 Å². The maximum absolute atomic E-state index is 12.2. The molecule has 21 heavy (non-hydrogen) atoms. The SMILES string of the molecule is O=C1CC(=O)c2nc(C3CCCO3)oc2C2=CCCC=C12. The highest BCUT2D eigenvalue weighted by molar-refractivity contribution is 6.23. The van der Waals surface area contributed by atoms with Crippen molar-refractivity contribution in [3.63, 3.8) is 0 Å². The minimum atomic E-state index is -0.265. The van der Waals surface area contributed by atoms with Gasteiger partial charge in [-0.15, -0.1) is 0 Å². The van der Waals surface area contributed by atoms with Crippen LogP contribution in [0.3, 0.4) is 0 Å². The largest absolute Gasteiger partial charge is 0.437 e. The number of nitrogens with zero attached hydrogens (tertiary/aromatic N) is 1. The summed E-state index contributed by atoms with van der Waals surface area (Å²) in [7, 11) is 0. The van der Waals surface area contributed by atoms with E-state index in [0.717, 1.165) is 31.3 Å². The Bertz CT molecular complexity index is 689. The summed E-state index contributed by atoms with van der Waals surface area (Å²) in [4.78, 5) is 28.7. The van der Waals surface area contributed by atoms with E-state index in [2.05, 4.69) is 4.98 Å². The third-order valence-electron chi connectivity index (χ3n) is 4.13. The molecule has 1 saturated heterocycles. The van der Waals surface area contributed by atoms with Gasteiger partial charge in [0.2, 0.25) is 5.89 Å². The predicted molar refractivity (Wildman–Crippen MR) is 73.7 cm³/mol. The van der Waals surface area contributed by atoms with Crippen LogP contribution >= 0.6 is 0 Å². The zero-order chi connectivity index (χ0) is 14.4. The maximum atomic E-state index is 12.2. The van der Waals surface area contributed by atoms with Gasteiger partial charge in [0.05, 0.1) is 6.42 Å². The van der Waals surface area contributed by atoms with Crippen LogP contribution < -0.4 is 0 Å². The average Bonchev–Trinajstić information content (AvgIpc) is 3.14. The second kappa shape index (κ2) is 4.77. The fourth-order valence-electron chi connectivity index (χ4n) is 3.10. The lowest BCUT2D eigenvalue weighted by molar-refractivity contribution is -0.114. The molecule has 0 radical (unpaired) electrons. The Kier molecular flexibility index (Phi) is 2.89. The van der Waals surface area contributed by atoms with Gasteiger partial charge in [0.1, 0.15) is 6.10 Å². The number of oxazole rings is 1. The van der Waals surface area contributed by atoms with Gasteiger partial charge in [-0.05, 0) is 25.7 Å². The molecule has 4 rings (SSSR count). The van der Waals surface area contributed by atoms with Crippen LogP contribution in [0.15, 0.2) is 22.1 Å². The van der Waals surface area contributed by atoms with Crippen molar-refractivity contribution in [1.29, 1.82) is 0 Å². The molecule has 0 saturated carbocycles. The molecule has 1 atom stereocenters. The standard InChI is InChI=1S/C16H15NO4/c18-11-8-12(19)14-15(10-5-2-1-4-9(10)11)21-16(17-14)13-6-3-7-20-13/h4-5,13H,1-3,6-8H2. The van der Waals surface area contributed by atoms with Gasteiger partial charge in [-0.25, -0.2) is 4.98 Å². The van der Waals surface area contributed by atoms with Crippen molar-refractivity contribution in [3.8, 4) is 0 Å². The Labute approximate surface area is 121 Å². The van der Waals surface area contributed by atoms with Gasteiger partial charge >= 0.3 is 0 Å². The second-order valence-electron chi connectivity index (χ2n) is 5.57. The van der Waals surface area contributed by atoms with Crippen LogP contribution in [0.1, 0.15) is 60.3 Å². The molecule has 5 nitrogen and oxygen atoms in total. The van der Waals surface area contributed by atoms with Gasteiger partial charge in [-0.2, -0.15) is 0 Å². The summed E-state index contributed by atoms with van der Waals surface area (Å²) in [5.74, 6) is 0.505. The highest BCUT2D eigenvalue weighted by Gasteiger charge is 2.35. The van der Waals surface area contributed by atoms with Gasteiger partial charge in [-0.3, -0.25) is 9.59 Å². The summed E-state index contributed by atoms with van der Waals surface area (Å²) in [6.45, 7) is 0.692. The van der Waals surface area contributed by atoms with E-state index in [1.54, 1.807) is 0 Å². The number of carbonyl (C=O) groups excluding carboxylic acids is 2. The number of rotatable bonds is 1. The summed E-state index contributed by atoms with van der Waals surface area (Å²) >= 11 is 0. The van der Waals surface area contributed by atoms with Gasteiger partial charge in [0.15, 0.2) is 23.0 Å². The van der Waals surface area contributed by atoms with E-state index < -0.39 is 0 Å². The molecule has 3 aliphatic rings. The lowest BCUT2D eigenvalue weighted by atomic mass is 9.93. The molecule has 0 spiro atoms. The Morgan fingerprint density at radius 2 is 1.90 bits per heavy atom. The molecule has 0 N–H and O–H groups in total. The molecule has 2 heterocycles. The first-order chi connectivity index (χ1) is 10.2. The van der Waals surface area contributed by atoms with E-state index in [9.17, 15) is 9.59 Å². The summed E-state index contributed by atoms with van der Waals surface area (Å²) in [6, 6.07) is 0. The summed E-state index contributed by atoms with van der Waals surface area (Å²) in [5.41, 5.74) is 1.61. The molecule has 0 bridgehead atoms. The summed E-state index contributed by atoms with van der Waals surface area (Å²) in [5, 5.41) is 0. The fraction of sp³-hybridized carbons (Fsp3) is 0.438. The quantitative estimate of drug-likeness (QED) is 0.742. The Hall–Kier alpha value is -2.01. The smallest absolute Gasteiger partial charge is 0.224 e. The Morgan fingerprint density at radius 3 is 2.67 bits per heavy atom. The molecule has 1 aromatic heterocycles. The van der Waals surface area contributed by atoms with Crippen molar-refractivity contribution in [2.45, 2.75) is 38.2 Å². The number of ketones is 2. The van der Waals surface area contributed by atoms with Crippen molar-refractivity contribution in [2.24, 2.45) is 0 Å². The number of fused-ring (bicyclic) bond motifs is 3. The summed E-state index contributed by atoms with van der Waals surface area (Å²) in [6.07, 6.45) is 7.05. The molecule has 0 aromatic carbocycles. The molecule has 1 aromatic rings. The van der Waals surface area contributed by atoms with Gasteiger partial charge in [0, 0.05) is 17.8 Å². The van der Waals surface area contributed by atoms with Crippen molar-refractivity contribution in [3.05, 3.63) is 35.1 Å². The molecular formula is C16H15NO4. The molecular weight excluding hydrogens is 270 g/mol. The third kappa shape index (κ3) is 2.00. The number of hydrogen-bond donors (Lipinski definition) is 0. The Balaban J connectivity index is 1.84. The highest BCUT2D eigenvalue weighted by Crippen LogP contribution is 2.38. The Morgan fingerprint density at radius 1 is 1.10 bits per heavy atom. The normalized spacial score (nSPS) is 25.0. The highest BCUT2D eigenvalue weighted by atomic mass is 16.5. The zero-order valence-corrected chi connectivity index (χ0v) is 11.6. The monoisotopic (exact) mass is 285 g/mol. The van der Waals surface area contributed by atoms with Crippen molar-refractivity contribution >= 4 is 17.1 Å². The predicted octanol–water partition coefficient (Wildman–Crippen LogP) is 2.79. The lowest BCUT2D eigenvalue weighted by Crippen LogP contribution is -2.09. The first-order valence-electron chi connectivity index (χ1n) is 7.34. The van der Waals surface area contributed by atoms with Crippen LogP contribution in [0.2, 0.25) is 0 Å². The maximum Gasteiger partial charge on any atom is 0.224 e. The number of aromatic nitrogens is 1. The van der Waals surface area contributed by atoms with Gasteiger partial charge < -0.3 is 9.15 Å². The second-order valence-corrected chi connectivity index (χ2v) is 5.57. The van der Waals surface area contributed by atoms with Crippen molar-refractivity contribution in [1.82, 2.24) is 4.98 Å². The van der Waals surface area contributed by atoms with Crippen LogP contribution in [-0.4, -0.2) is 23.2 Å². The minimum absolute atomic E-state index is 0.131. The van der Waals surface area contributed by atoms with Crippen LogP contribution in [0.5, 0.6) is 0 Å². The molecule has 108 valence electrons. The number of allylic oxidation sites excluding steroid dienone is 4. The molecule has 1 fully saturated rings. The van der Waals surface area contributed by atoms with Crippen LogP contribution in [0.4, 0.5) is 0 Å². The molecule has 0 amide bonds. The van der Waals surface area contributed by atoms with Crippen molar-refractivity contribution < 1.29 is 18.7 Å². The summed E-state index contributed by atoms with van der Waals surface area (Å²) < 4.78 is 11.4. The molecule has 1 unspecified atom stereocenters. The minimum Gasteiger partial charge on any atom is -0.437 e. The first kappa shape index (κ1) is 12.7. The van der Waals surface area contributed by atoms with Gasteiger partial charge in [0.25, 0.3) is 0 Å². The van der Waals surface area contributed by atoms with Gasteiger partial charge in [-0.1, -0.05) is 12.2 Å². The van der Waals surface area contributed by atoms with E-state index in [0.29, 0.717) is 23.8 Å². The first-order valence-corrected chi connectivity index (χ1v) is 7.34. The molecule has 1 aliphatic heterocycles. The van der Waals surface area contributed by atoms with E-state index in [1.165, 1.54) is 0 Å². The third-order valence-corrected chi connectivity index (χ3v) is 4.13. The van der Waals surface area contributed by atoms with Crippen LogP contribution in [0.25, 0.3) is 5.57 Å². The number of carbonyl (C=O) groups is 2. The van der Waals surface area contributed by atoms with Crippen LogP contribution in [0, 0.1) is 0 Å². The molecule has 5 heteroatoms. The van der Waals surface area contributed by atoms with Crippen molar-refractivity contribution in [2.75, 3.05) is 6.61 Å². The number of Topliss-reactive ketones (excluding diaryl/α,β-unsaturated/α-hetero) is 2. The zero-order valence-electron chi connectivity index (χ0n) is 11.6. The lowest BCUT2D eigenvalue weighted by Gasteiger charge is -2.11. The van der Waals surface area contributed by atoms with E-state index >= 15 is 0 Å². The number of ether oxygens (including phenoxy) is 1. The number of hydrogen-bond acceptors (Lipinski definition) is 5. The average molecular weight is 285 g/mol. The van der Waals surface area contributed by atoms with Crippen LogP contribution in [-0.2, 0) is 9.53 Å².